The molecule has 0 heterocycles. The van der Waals surface area contributed by atoms with E-state index in [0.717, 1.165) is 17.3 Å². The smallest absolute Gasteiger partial charge is 0.156 e. The van der Waals surface area contributed by atoms with Gasteiger partial charge in [-0.15, -0.1) is 0 Å². The number of benzene rings is 1. The van der Waals surface area contributed by atoms with Crippen molar-refractivity contribution < 1.29 is 4.74 Å². The highest BCUT2D eigenvalue weighted by atomic mass is 79.9. The maximum absolute atomic E-state index is 5.85. The van der Waals surface area contributed by atoms with Crippen molar-refractivity contribution in [1.29, 1.82) is 0 Å². The van der Waals surface area contributed by atoms with Crippen molar-refractivity contribution in [3.63, 3.8) is 0 Å². The lowest BCUT2D eigenvalue weighted by molar-refractivity contribution is 0.210. The maximum atomic E-state index is 5.85. The number of anilines is 1. The third-order valence-electron chi connectivity index (χ3n) is 2.05. The molecule has 0 bridgehead atoms. The minimum absolute atomic E-state index is 0.162. The number of nitrogen functional groups attached to an aromatic ring is 1. The largest absolute Gasteiger partial charge is 0.487 e. The Bertz CT molecular complexity index is 320. The van der Waals surface area contributed by atoms with Crippen molar-refractivity contribution in [2.45, 2.75) is 32.8 Å². The van der Waals surface area contributed by atoms with Crippen LogP contribution in [0.1, 0.15) is 26.7 Å². The standard InChI is InChI=1S/C11H15BrClNO/c1-3-4-7(2)15-11-9(12)5-8(13)6-10(11)14/h5-7H,3-4,14H2,1-2H3. The fourth-order valence-electron chi connectivity index (χ4n) is 1.37. The summed E-state index contributed by atoms with van der Waals surface area (Å²) in [7, 11) is 0. The summed E-state index contributed by atoms with van der Waals surface area (Å²) in [5.74, 6) is 0.681. The number of ether oxygens (including phenoxy) is 1. The highest BCUT2D eigenvalue weighted by Crippen LogP contribution is 2.35. The van der Waals surface area contributed by atoms with Crippen LogP contribution >= 0.6 is 27.5 Å². The summed E-state index contributed by atoms with van der Waals surface area (Å²) >= 11 is 9.24. The molecule has 0 aliphatic heterocycles. The molecule has 0 aliphatic carbocycles. The van der Waals surface area contributed by atoms with E-state index in [2.05, 4.69) is 22.9 Å². The summed E-state index contributed by atoms with van der Waals surface area (Å²) in [5, 5.41) is 0.606. The number of halogens is 2. The average molecular weight is 293 g/mol. The molecule has 2 nitrogen and oxygen atoms in total. The Morgan fingerprint density at radius 3 is 2.73 bits per heavy atom. The molecule has 1 aromatic rings. The molecule has 4 heteroatoms. The van der Waals surface area contributed by atoms with Gasteiger partial charge in [0.2, 0.25) is 0 Å². The third kappa shape index (κ3) is 3.58. The van der Waals surface area contributed by atoms with Crippen LogP contribution in [0.5, 0.6) is 5.75 Å². The van der Waals surface area contributed by atoms with Crippen LogP contribution in [0.2, 0.25) is 5.02 Å². The first-order chi connectivity index (χ1) is 7.04. The van der Waals surface area contributed by atoms with Gasteiger partial charge in [0.25, 0.3) is 0 Å². The SMILES string of the molecule is CCCC(C)Oc1c(N)cc(Cl)cc1Br. The van der Waals surface area contributed by atoms with E-state index in [9.17, 15) is 0 Å². The Morgan fingerprint density at radius 1 is 1.53 bits per heavy atom. The van der Waals surface area contributed by atoms with Crippen molar-refractivity contribution in [3.05, 3.63) is 21.6 Å². The first-order valence-electron chi connectivity index (χ1n) is 4.95. The van der Waals surface area contributed by atoms with E-state index in [4.69, 9.17) is 22.1 Å². The Labute approximate surface area is 104 Å². The van der Waals surface area contributed by atoms with Gasteiger partial charge in [-0.1, -0.05) is 24.9 Å². The molecule has 0 fully saturated rings. The molecule has 1 unspecified atom stereocenters. The second-order valence-electron chi connectivity index (χ2n) is 3.52. The molecule has 1 atom stereocenters. The number of rotatable bonds is 4. The van der Waals surface area contributed by atoms with Gasteiger partial charge in [-0.3, -0.25) is 0 Å². The van der Waals surface area contributed by atoms with Gasteiger partial charge in [-0.25, -0.2) is 0 Å². The second kappa shape index (κ2) is 5.61. The molecule has 2 N–H and O–H groups in total. The molecular weight excluding hydrogens is 277 g/mol. The topological polar surface area (TPSA) is 35.2 Å². The lowest BCUT2D eigenvalue weighted by Gasteiger charge is -2.17. The molecule has 1 rings (SSSR count). The summed E-state index contributed by atoms with van der Waals surface area (Å²) in [6, 6.07) is 3.48. The molecule has 0 aromatic heterocycles. The number of hydrogen-bond donors (Lipinski definition) is 1. The van der Waals surface area contributed by atoms with Crippen LogP contribution in [0.4, 0.5) is 5.69 Å². The van der Waals surface area contributed by atoms with Crippen molar-refractivity contribution in [1.82, 2.24) is 0 Å². The predicted molar refractivity (Wildman–Crippen MR) is 68.6 cm³/mol. The fourth-order valence-corrected chi connectivity index (χ4v) is 2.30. The van der Waals surface area contributed by atoms with Crippen LogP contribution in [-0.4, -0.2) is 6.10 Å². The van der Waals surface area contributed by atoms with Crippen molar-refractivity contribution >= 4 is 33.2 Å². The van der Waals surface area contributed by atoms with Crippen molar-refractivity contribution in [2.24, 2.45) is 0 Å². The molecule has 0 radical (unpaired) electrons. The normalized spacial score (nSPS) is 12.5. The van der Waals surface area contributed by atoms with Gasteiger partial charge in [0.1, 0.15) is 0 Å². The van der Waals surface area contributed by atoms with Gasteiger partial charge in [0.05, 0.1) is 16.3 Å². The van der Waals surface area contributed by atoms with Crippen LogP contribution < -0.4 is 10.5 Å². The summed E-state index contributed by atoms with van der Waals surface area (Å²) in [6.45, 7) is 4.16. The molecule has 84 valence electrons. The first-order valence-corrected chi connectivity index (χ1v) is 6.12. The Balaban J connectivity index is 2.85. The maximum Gasteiger partial charge on any atom is 0.156 e. The van der Waals surface area contributed by atoms with Crippen molar-refractivity contribution in [2.75, 3.05) is 5.73 Å². The predicted octanol–water partition coefficient (Wildman–Crippen LogP) is 4.25. The van der Waals surface area contributed by atoms with Gasteiger partial charge in [0.15, 0.2) is 5.75 Å². The quantitative estimate of drug-likeness (QED) is 0.842. The first kappa shape index (κ1) is 12.7. The highest BCUT2D eigenvalue weighted by Gasteiger charge is 2.11. The highest BCUT2D eigenvalue weighted by molar-refractivity contribution is 9.10. The number of nitrogens with two attached hydrogens (primary N) is 1. The molecule has 0 aliphatic rings. The summed E-state index contributed by atoms with van der Waals surface area (Å²) < 4.78 is 6.54. The zero-order valence-electron chi connectivity index (χ0n) is 8.89. The molecule has 15 heavy (non-hydrogen) atoms. The summed E-state index contributed by atoms with van der Waals surface area (Å²) in [5.41, 5.74) is 6.39. The monoisotopic (exact) mass is 291 g/mol. The van der Waals surface area contributed by atoms with Crippen molar-refractivity contribution in [3.8, 4) is 5.75 Å². The van der Waals surface area contributed by atoms with Crippen LogP contribution in [0.25, 0.3) is 0 Å². The van der Waals surface area contributed by atoms with Crippen LogP contribution in [0.3, 0.4) is 0 Å². The zero-order valence-corrected chi connectivity index (χ0v) is 11.2. The molecule has 0 spiro atoms. The van der Waals surface area contributed by atoms with Crippen LogP contribution in [0.15, 0.2) is 16.6 Å². The van der Waals surface area contributed by atoms with E-state index in [1.807, 2.05) is 6.92 Å². The average Bonchev–Trinajstić information content (AvgIpc) is 2.11. The van der Waals surface area contributed by atoms with E-state index in [-0.39, 0.29) is 6.10 Å². The van der Waals surface area contributed by atoms with Gasteiger partial charge in [-0.2, -0.15) is 0 Å². The van der Waals surface area contributed by atoms with E-state index in [1.165, 1.54) is 0 Å². The molecular formula is C11H15BrClNO. The third-order valence-corrected chi connectivity index (χ3v) is 2.86. The molecule has 1 aromatic carbocycles. The van der Waals surface area contributed by atoms with Crippen LogP contribution in [0, 0.1) is 0 Å². The zero-order chi connectivity index (χ0) is 11.4. The second-order valence-corrected chi connectivity index (χ2v) is 4.81. The minimum atomic E-state index is 0.162. The Morgan fingerprint density at radius 2 is 2.20 bits per heavy atom. The van der Waals surface area contributed by atoms with Gasteiger partial charge < -0.3 is 10.5 Å². The number of hydrogen-bond acceptors (Lipinski definition) is 2. The van der Waals surface area contributed by atoms with E-state index in [0.29, 0.717) is 16.5 Å². The summed E-state index contributed by atoms with van der Waals surface area (Å²) in [4.78, 5) is 0. The van der Waals surface area contributed by atoms with Gasteiger partial charge in [-0.05, 0) is 41.4 Å². The Kier molecular flexibility index (Phi) is 4.74. The lowest BCUT2D eigenvalue weighted by Crippen LogP contribution is -2.12. The fraction of sp³-hybridized carbons (Fsp3) is 0.455. The van der Waals surface area contributed by atoms with E-state index < -0.39 is 0 Å². The minimum Gasteiger partial charge on any atom is -0.487 e. The Hall–Kier alpha value is -0.410. The van der Waals surface area contributed by atoms with E-state index >= 15 is 0 Å². The molecule has 0 saturated heterocycles. The lowest BCUT2D eigenvalue weighted by atomic mass is 10.2. The van der Waals surface area contributed by atoms with Crippen LogP contribution in [-0.2, 0) is 0 Å². The van der Waals surface area contributed by atoms with Gasteiger partial charge in [0, 0.05) is 5.02 Å². The molecule has 0 amide bonds. The molecule has 0 saturated carbocycles. The summed E-state index contributed by atoms with van der Waals surface area (Å²) in [6.07, 6.45) is 2.26. The van der Waals surface area contributed by atoms with E-state index in [1.54, 1.807) is 12.1 Å². The van der Waals surface area contributed by atoms with Gasteiger partial charge >= 0.3 is 0 Å².